The van der Waals surface area contributed by atoms with E-state index in [0.717, 1.165) is 39.0 Å². The van der Waals surface area contributed by atoms with Crippen molar-refractivity contribution in [3.63, 3.8) is 0 Å². The van der Waals surface area contributed by atoms with Crippen molar-refractivity contribution in [1.29, 1.82) is 0 Å². The quantitative estimate of drug-likeness (QED) is 0.411. The Kier molecular flexibility index (Phi) is 5.89. The summed E-state index contributed by atoms with van der Waals surface area (Å²) in [7, 11) is 0. The second-order valence-corrected chi connectivity index (χ2v) is 10.3. The molecule has 0 bridgehead atoms. The number of halogens is 2. The summed E-state index contributed by atoms with van der Waals surface area (Å²) in [6.07, 6.45) is 2.51. The summed E-state index contributed by atoms with van der Waals surface area (Å²) >= 11 is 0. The molecule has 5 heteroatoms. The fraction of sp³-hybridized carbons (Fsp3) is 0.367. The number of hydrogen-bond acceptors (Lipinski definition) is 3. The van der Waals surface area contributed by atoms with Crippen molar-refractivity contribution in [2.75, 3.05) is 18.0 Å². The van der Waals surface area contributed by atoms with E-state index >= 15 is 4.39 Å². The van der Waals surface area contributed by atoms with Gasteiger partial charge < -0.3 is 4.90 Å². The monoisotopic (exact) mass is 472 g/mol. The Morgan fingerprint density at radius 1 is 0.800 bits per heavy atom. The van der Waals surface area contributed by atoms with Crippen molar-refractivity contribution < 1.29 is 13.6 Å². The molecular formula is C30H30F2N2O. The van der Waals surface area contributed by atoms with Crippen LogP contribution < -0.4 is 4.90 Å². The third-order valence-corrected chi connectivity index (χ3v) is 8.02. The molecule has 180 valence electrons. The summed E-state index contributed by atoms with van der Waals surface area (Å²) in [6.45, 7) is 3.19. The minimum absolute atomic E-state index is 0.0112. The van der Waals surface area contributed by atoms with E-state index in [1.165, 1.54) is 11.1 Å². The Labute approximate surface area is 205 Å². The average Bonchev–Trinajstić information content (AvgIpc) is 3.44. The van der Waals surface area contributed by atoms with Crippen LogP contribution >= 0.6 is 0 Å². The second kappa shape index (κ2) is 9.19. The van der Waals surface area contributed by atoms with Gasteiger partial charge in [-0.2, -0.15) is 0 Å². The lowest BCUT2D eigenvalue weighted by Crippen LogP contribution is -2.35. The summed E-state index contributed by atoms with van der Waals surface area (Å²) < 4.78 is 30.1. The van der Waals surface area contributed by atoms with Crippen molar-refractivity contribution in [2.24, 2.45) is 11.8 Å². The van der Waals surface area contributed by atoms with Crippen LogP contribution in [0.15, 0.2) is 66.7 Å². The van der Waals surface area contributed by atoms with Crippen molar-refractivity contribution >= 4 is 11.5 Å². The van der Waals surface area contributed by atoms with Gasteiger partial charge in [0.25, 0.3) is 0 Å². The van der Waals surface area contributed by atoms with E-state index in [0.29, 0.717) is 42.0 Å². The van der Waals surface area contributed by atoms with Gasteiger partial charge in [0.1, 0.15) is 0 Å². The van der Waals surface area contributed by atoms with Gasteiger partial charge in [0, 0.05) is 38.6 Å². The van der Waals surface area contributed by atoms with Crippen molar-refractivity contribution in [3.8, 4) is 0 Å². The van der Waals surface area contributed by atoms with Crippen LogP contribution in [0, 0.1) is 23.5 Å². The summed E-state index contributed by atoms with van der Waals surface area (Å²) in [6, 6.07) is 23.2. The predicted octanol–water partition coefficient (Wildman–Crippen LogP) is 6.01. The molecule has 0 N–H and O–H groups in total. The molecular weight excluding hydrogens is 442 g/mol. The maximum Gasteiger partial charge on any atom is 0.182 e. The standard InChI is InChI=1S/C30H30F2N2O/c31-28-25(15-22-13-7-8-14-26(35)27(22)29(28)32)33-18-23-24(19-33)30(23)34(16-20-9-3-1-4-10-20)17-21-11-5-2-6-12-21/h1-6,9-12,15,23-24,30H,7-8,13-14,16-19H2/t23-,24+,30?. The molecule has 0 radical (unpaired) electrons. The number of fused-ring (bicyclic) bond motifs is 2. The molecule has 35 heavy (non-hydrogen) atoms. The number of hydrogen-bond donors (Lipinski definition) is 0. The summed E-state index contributed by atoms with van der Waals surface area (Å²) in [5.74, 6) is -1.20. The van der Waals surface area contributed by atoms with Crippen LogP contribution in [0.5, 0.6) is 0 Å². The fourth-order valence-corrected chi connectivity index (χ4v) is 6.25. The molecule has 0 aromatic heterocycles. The molecule has 3 atom stereocenters. The highest BCUT2D eigenvalue weighted by Gasteiger charge is 2.58. The van der Waals surface area contributed by atoms with Gasteiger partial charge in [-0.25, -0.2) is 8.78 Å². The zero-order valence-corrected chi connectivity index (χ0v) is 19.8. The number of benzene rings is 3. The number of anilines is 1. The first kappa shape index (κ1) is 22.4. The van der Waals surface area contributed by atoms with Gasteiger partial charge in [0.05, 0.1) is 11.3 Å². The minimum Gasteiger partial charge on any atom is -0.368 e. The van der Waals surface area contributed by atoms with Crippen LogP contribution in [0.3, 0.4) is 0 Å². The topological polar surface area (TPSA) is 23.6 Å². The number of rotatable bonds is 6. The summed E-state index contributed by atoms with van der Waals surface area (Å²) in [5.41, 5.74) is 3.57. The SMILES string of the molecule is O=C1CCCCc2cc(N3C[C@@H]4C(N(Cc5ccccc5)Cc5ccccc5)[C@@H]4C3)c(F)c(F)c21. The van der Waals surface area contributed by atoms with Gasteiger partial charge in [0.15, 0.2) is 17.4 Å². The van der Waals surface area contributed by atoms with Crippen molar-refractivity contribution in [2.45, 2.75) is 44.8 Å². The van der Waals surface area contributed by atoms with Gasteiger partial charge >= 0.3 is 0 Å². The highest BCUT2D eigenvalue weighted by molar-refractivity contribution is 5.98. The molecule has 2 aliphatic carbocycles. The predicted molar refractivity (Wildman–Crippen MR) is 133 cm³/mol. The van der Waals surface area contributed by atoms with E-state index in [4.69, 9.17) is 0 Å². The van der Waals surface area contributed by atoms with E-state index in [2.05, 4.69) is 53.4 Å². The zero-order chi connectivity index (χ0) is 23.9. The molecule has 1 saturated carbocycles. The molecule has 1 unspecified atom stereocenters. The van der Waals surface area contributed by atoms with E-state index in [9.17, 15) is 9.18 Å². The number of Topliss-reactive ketones (excluding diaryl/α,β-unsaturated/α-hetero) is 1. The number of carbonyl (C=O) groups excluding carboxylic acids is 1. The van der Waals surface area contributed by atoms with Crippen LogP contribution in [0.25, 0.3) is 0 Å². The smallest absolute Gasteiger partial charge is 0.182 e. The van der Waals surface area contributed by atoms with Crippen LogP contribution in [0.1, 0.15) is 46.3 Å². The first-order valence-corrected chi connectivity index (χ1v) is 12.7. The molecule has 2 fully saturated rings. The van der Waals surface area contributed by atoms with Gasteiger partial charge in [-0.1, -0.05) is 60.7 Å². The molecule has 1 heterocycles. The molecule has 0 spiro atoms. The molecule has 1 saturated heterocycles. The second-order valence-electron chi connectivity index (χ2n) is 10.3. The van der Waals surface area contributed by atoms with Gasteiger partial charge in [-0.05, 0) is 53.9 Å². The lowest BCUT2D eigenvalue weighted by molar-refractivity contribution is 0.0977. The largest absolute Gasteiger partial charge is 0.368 e. The van der Waals surface area contributed by atoms with E-state index in [1.54, 1.807) is 6.07 Å². The van der Waals surface area contributed by atoms with Crippen LogP contribution in [0.2, 0.25) is 0 Å². The molecule has 3 nitrogen and oxygen atoms in total. The number of piperidine rings is 1. The van der Waals surface area contributed by atoms with E-state index < -0.39 is 11.6 Å². The number of aryl methyl sites for hydroxylation is 1. The lowest BCUT2D eigenvalue weighted by atomic mass is 9.99. The molecule has 1 aliphatic heterocycles. The van der Waals surface area contributed by atoms with Gasteiger partial charge in [-0.15, -0.1) is 0 Å². The Bertz CT molecular complexity index is 1180. The normalized spacial score (nSPS) is 23.2. The Hall–Kier alpha value is -3.05. The molecule has 3 aliphatic rings. The molecule has 3 aromatic carbocycles. The average molecular weight is 473 g/mol. The number of nitrogens with zero attached hydrogens (tertiary/aromatic N) is 2. The lowest BCUT2D eigenvalue weighted by Gasteiger charge is -2.29. The van der Waals surface area contributed by atoms with Gasteiger partial charge in [0.2, 0.25) is 0 Å². The maximum atomic E-state index is 15.1. The number of ketones is 1. The van der Waals surface area contributed by atoms with E-state index in [1.807, 2.05) is 17.0 Å². The van der Waals surface area contributed by atoms with Crippen molar-refractivity contribution in [1.82, 2.24) is 4.90 Å². The highest BCUT2D eigenvalue weighted by Crippen LogP contribution is 2.51. The van der Waals surface area contributed by atoms with Crippen molar-refractivity contribution in [3.05, 3.63) is 101 Å². The van der Waals surface area contributed by atoms with Gasteiger partial charge in [-0.3, -0.25) is 9.69 Å². The van der Waals surface area contributed by atoms with Crippen LogP contribution in [-0.2, 0) is 19.5 Å². The molecule has 6 rings (SSSR count). The summed E-state index contributed by atoms with van der Waals surface area (Å²) in [5, 5.41) is 0. The first-order valence-electron chi connectivity index (χ1n) is 12.7. The fourth-order valence-electron chi connectivity index (χ4n) is 6.25. The zero-order valence-electron chi connectivity index (χ0n) is 19.8. The Balaban J connectivity index is 1.21. The third-order valence-electron chi connectivity index (χ3n) is 8.02. The number of carbonyl (C=O) groups is 1. The first-order chi connectivity index (χ1) is 17.1. The van der Waals surface area contributed by atoms with Crippen LogP contribution in [0.4, 0.5) is 14.5 Å². The summed E-state index contributed by atoms with van der Waals surface area (Å²) in [4.78, 5) is 16.9. The van der Waals surface area contributed by atoms with Crippen LogP contribution in [-0.4, -0.2) is 29.8 Å². The maximum absolute atomic E-state index is 15.1. The minimum atomic E-state index is -0.948. The highest BCUT2D eigenvalue weighted by atomic mass is 19.2. The van der Waals surface area contributed by atoms with E-state index in [-0.39, 0.29) is 11.3 Å². The Morgan fingerprint density at radius 2 is 1.37 bits per heavy atom. The molecule has 0 amide bonds. The third kappa shape index (κ3) is 4.27. The molecule has 3 aromatic rings. The Morgan fingerprint density at radius 3 is 1.97 bits per heavy atom.